The lowest BCUT2D eigenvalue weighted by atomic mass is 9.92. The van der Waals surface area contributed by atoms with E-state index >= 15 is 0 Å². The maximum Gasteiger partial charge on any atom is 0.307 e. The van der Waals surface area contributed by atoms with E-state index in [1.165, 1.54) is 7.11 Å². The van der Waals surface area contributed by atoms with Gasteiger partial charge in [0.05, 0.1) is 13.0 Å². The van der Waals surface area contributed by atoms with Gasteiger partial charge in [-0.25, -0.2) is 0 Å². The molecule has 1 saturated carbocycles. The Morgan fingerprint density at radius 2 is 2.00 bits per heavy atom. The Hall–Kier alpha value is -1.10. The Morgan fingerprint density at radius 1 is 1.33 bits per heavy atom. The van der Waals surface area contributed by atoms with Crippen molar-refractivity contribution in [2.75, 3.05) is 13.7 Å². The highest BCUT2D eigenvalue weighted by molar-refractivity contribution is 5.70. The number of carboxylic acids is 1. The minimum absolute atomic E-state index is 0.157. The van der Waals surface area contributed by atoms with Crippen LogP contribution in [0.1, 0.15) is 46.5 Å². The van der Waals surface area contributed by atoms with E-state index in [1.807, 2.05) is 13.8 Å². The second kappa shape index (κ2) is 8.37. The molecule has 0 bridgehead atoms. The first kappa shape index (κ1) is 18.0. The van der Waals surface area contributed by atoms with Crippen LogP contribution in [0.4, 0.5) is 0 Å². The summed E-state index contributed by atoms with van der Waals surface area (Å²) in [6.45, 7) is 6.73. The van der Waals surface area contributed by atoms with Gasteiger partial charge in [-0.1, -0.05) is 20.8 Å². The minimum Gasteiger partial charge on any atom is -0.481 e. The van der Waals surface area contributed by atoms with E-state index in [0.29, 0.717) is 43.2 Å². The van der Waals surface area contributed by atoms with Crippen LogP contribution in [0.25, 0.3) is 0 Å². The highest BCUT2D eigenvalue weighted by Crippen LogP contribution is 2.34. The van der Waals surface area contributed by atoms with E-state index in [1.54, 1.807) is 0 Å². The first-order valence-corrected chi connectivity index (χ1v) is 7.88. The molecular formula is C16H29NO4. The van der Waals surface area contributed by atoms with Crippen LogP contribution in [0.2, 0.25) is 0 Å². The third-order valence-electron chi connectivity index (χ3n) is 4.61. The van der Waals surface area contributed by atoms with Gasteiger partial charge in [0.1, 0.15) is 0 Å². The largest absolute Gasteiger partial charge is 0.481 e. The van der Waals surface area contributed by atoms with Crippen molar-refractivity contribution in [2.45, 2.75) is 52.5 Å². The van der Waals surface area contributed by atoms with E-state index in [4.69, 9.17) is 4.74 Å². The zero-order valence-corrected chi connectivity index (χ0v) is 13.6. The average Bonchev–Trinajstić information content (AvgIpc) is 2.75. The lowest BCUT2D eigenvalue weighted by molar-refractivity contribution is -0.142. The first-order valence-electron chi connectivity index (χ1n) is 7.88. The van der Waals surface area contributed by atoms with Gasteiger partial charge in [0, 0.05) is 19.0 Å². The standard InChI is InChI=1S/C16H29NO4/c1-10(2)7-13(16(19)20)9-17-14-6-5-12(11(14)3)8-15(18)21-4/h10-14,17H,5-9H2,1-4H3,(H,19,20). The monoisotopic (exact) mass is 299 g/mol. The summed E-state index contributed by atoms with van der Waals surface area (Å²) in [7, 11) is 1.42. The van der Waals surface area contributed by atoms with Crippen LogP contribution in [0.15, 0.2) is 0 Å². The topological polar surface area (TPSA) is 75.6 Å². The summed E-state index contributed by atoms with van der Waals surface area (Å²) in [6, 6.07) is 0.300. The van der Waals surface area contributed by atoms with Crippen molar-refractivity contribution in [1.29, 1.82) is 0 Å². The van der Waals surface area contributed by atoms with Crippen LogP contribution in [0, 0.1) is 23.7 Å². The second-order valence-electron chi connectivity index (χ2n) is 6.66. The van der Waals surface area contributed by atoms with Crippen LogP contribution in [0.5, 0.6) is 0 Å². The van der Waals surface area contributed by atoms with Crippen LogP contribution < -0.4 is 5.32 Å². The number of nitrogens with one attached hydrogen (secondary N) is 1. The maximum atomic E-state index is 11.4. The van der Waals surface area contributed by atoms with Gasteiger partial charge in [-0.05, 0) is 37.0 Å². The number of carbonyl (C=O) groups excluding carboxylic acids is 1. The number of hydrogen-bond donors (Lipinski definition) is 2. The van der Waals surface area contributed by atoms with Gasteiger partial charge in [0.2, 0.25) is 0 Å². The summed E-state index contributed by atoms with van der Waals surface area (Å²) < 4.78 is 4.73. The molecule has 0 aromatic heterocycles. The highest BCUT2D eigenvalue weighted by atomic mass is 16.5. The molecule has 5 heteroatoms. The van der Waals surface area contributed by atoms with Gasteiger partial charge in [-0.15, -0.1) is 0 Å². The molecule has 1 fully saturated rings. The Morgan fingerprint density at radius 3 is 2.52 bits per heavy atom. The van der Waals surface area contributed by atoms with Crippen molar-refractivity contribution >= 4 is 11.9 Å². The van der Waals surface area contributed by atoms with Crippen LogP contribution in [-0.2, 0) is 14.3 Å². The summed E-state index contributed by atoms with van der Waals surface area (Å²) in [5.41, 5.74) is 0. The third kappa shape index (κ3) is 5.65. The molecule has 21 heavy (non-hydrogen) atoms. The molecule has 0 aromatic rings. The Kier molecular flexibility index (Phi) is 7.15. The van der Waals surface area contributed by atoms with Crippen LogP contribution in [-0.4, -0.2) is 36.7 Å². The van der Waals surface area contributed by atoms with Crippen molar-refractivity contribution in [3.8, 4) is 0 Å². The molecule has 1 aliphatic carbocycles. The molecule has 4 atom stereocenters. The molecule has 2 N–H and O–H groups in total. The molecule has 0 amide bonds. The summed E-state index contributed by atoms with van der Waals surface area (Å²) in [6.07, 6.45) is 3.14. The molecule has 0 saturated heterocycles. The quantitative estimate of drug-likeness (QED) is 0.673. The fourth-order valence-electron chi connectivity index (χ4n) is 3.26. The zero-order chi connectivity index (χ0) is 16.0. The van der Waals surface area contributed by atoms with Gasteiger partial charge in [0.15, 0.2) is 0 Å². The molecule has 1 rings (SSSR count). The first-order chi connectivity index (χ1) is 9.85. The Bertz CT molecular complexity index is 356. The van der Waals surface area contributed by atoms with Gasteiger partial charge in [-0.3, -0.25) is 9.59 Å². The Labute approximate surface area is 127 Å². The molecule has 5 nitrogen and oxygen atoms in total. The molecule has 1 aliphatic rings. The number of ether oxygens (including phenoxy) is 1. The van der Waals surface area contributed by atoms with E-state index in [-0.39, 0.29) is 11.9 Å². The number of hydrogen-bond acceptors (Lipinski definition) is 4. The number of methoxy groups -OCH3 is 1. The van der Waals surface area contributed by atoms with Crippen LogP contribution in [0.3, 0.4) is 0 Å². The summed E-state index contributed by atoms with van der Waals surface area (Å²) in [5, 5.41) is 12.7. The SMILES string of the molecule is COC(=O)CC1CCC(NCC(CC(C)C)C(=O)O)C1C. The maximum absolute atomic E-state index is 11.4. The molecule has 0 radical (unpaired) electrons. The van der Waals surface area contributed by atoms with E-state index < -0.39 is 5.97 Å². The van der Waals surface area contributed by atoms with Gasteiger partial charge >= 0.3 is 11.9 Å². The number of carbonyl (C=O) groups is 2. The normalized spacial score (nSPS) is 26.8. The van der Waals surface area contributed by atoms with E-state index in [0.717, 1.165) is 12.8 Å². The fourth-order valence-corrected chi connectivity index (χ4v) is 3.26. The third-order valence-corrected chi connectivity index (χ3v) is 4.61. The summed E-state index contributed by atoms with van der Waals surface area (Å²) in [4.78, 5) is 22.6. The van der Waals surface area contributed by atoms with Gasteiger partial charge in [-0.2, -0.15) is 0 Å². The molecule has 0 spiro atoms. The minimum atomic E-state index is -0.729. The van der Waals surface area contributed by atoms with E-state index in [2.05, 4.69) is 12.2 Å². The van der Waals surface area contributed by atoms with Crippen molar-refractivity contribution < 1.29 is 19.4 Å². The van der Waals surface area contributed by atoms with Crippen LogP contribution >= 0.6 is 0 Å². The van der Waals surface area contributed by atoms with E-state index in [9.17, 15) is 14.7 Å². The molecule has 0 heterocycles. The number of carboxylic acid groups (broad SMARTS) is 1. The number of esters is 1. The van der Waals surface area contributed by atoms with Crippen molar-refractivity contribution in [3.63, 3.8) is 0 Å². The zero-order valence-electron chi connectivity index (χ0n) is 13.6. The number of rotatable bonds is 8. The second-order valence-corrected chi connectivity index (χ2v) is 6.66. The molecule has 122 valence electrons. The Balaban J connectivity index is 2.45. The molecule has 0 aromatic carbocycles. The molecular weight excluding hydrogens is 270 g/mol. The number of aliphatic carboxylic acids is 1. The van der Waals surface area contributed by atoms with Crippen molar-refractivity contribution in [2.24, 2.45) is 23.7 Å². The van der Waals surface area contributed by atoms with Crippen molar-refractivity contribution in [1.82, 2.24) is 5.32 Å². The lowest BCUT2D eigenvalue weighted by Crippen LogP contribution is -2.38. The predicted octanol–water partition coefficient (Wildman–Crippen LogP) is 2.30. The van der Waals surface area contributed by atoms with Crippen molar-refractivity contribution in [3.05, 3.63) is 0 Å². The molecule has 4 unspecified atom stereocenters. The van der Waals surface area contributed by atoms with Gasteiger partial charge in [0.25, 0.3) is 0 Å². The predicted molar refractivity (Wildman–Crippen MR) is 80.9 cm³/mol. The molecule has 0 aliphatic heterocycles. The highest BCUT2D eigenvalue weighted by Gasteiger charge is 2.34. The average molecular weight is 299 g/mol. The smallest absolute Gasteiger partial charge is 0.307 e. The lowest BCUT2D eigenvalue weighted by Gasteiger charge is -2.23. The summed E-state index contributed by atoms with van der Waals surface area (Å²) in [5.74, 6) is -0.137. The summed E-state index contributed by atoms with van der Waals surface area (Å²) >= 11 is 0. The van der Waals surface area contributed by atoms with Gasteiger partial charge < -0.3 is 15.2 Å². The fraction of sp³-hybridized carbons (Fsp3) is 0.875.